The van der Waals surface area contributed by atoms with Crippen LogP contribution in [0.25, 0.3) is 0 Å². The number of benzene rings is 2. The van der Waals surface area contributed by atoms with Crippen LogP contribution in [0, 0.1) is 0 Å². The Balaban J connectivity index is 2.44. The number of rotatable bonds is 2. The molecule has 0 amide bonds. The van der Waals surface area contributed by atoms with Gasteiger partial charge in [0.25, 0.3) is 0 Å². The molecule has 2 aromatic rings. The van der Waals surface area contributed by atoms with Gasteiger partial charge in [0.1, 0.15) is 0 Å². The van der Waals surface area contributed by atoms with Crippen molar-refractivity contribution in [2.75, 3.05) is 0 Å². The first-order valence-corrected chi connectivity index (χ1v) is 10.9. The van der Waals surface area contributed by atoms with Gasteiger partial charge in [-0.1, -0.05) is 0 Å². The van der Waals surface area contributed by atoms with E-state index < -0.39 is 4.64 Å². The maximum absolute atomic E-state index is 3.34. The SMILES string of the molecule is [Se][P+]([Se])(c1ccccc1)c1ccccc1. The molecule has 0 aromatic heterocycles. The fourth-order valence-electron chi connectivity index (χ4n) is 1.40. The Kier molecular flexibility index (Phi) is 3.67. The van der Waals surface area contributed by atoms with Gasteiger partial charge in [-0.25, -0.2) is 0 Å². The molecule has 0 atom stereocenters. The predicted molar refractivity (Wildman–Crippen MR) is 70.6 cm³/mol. The Morgan fingerprint density at radius 1 is 0.600 bits per heavy atom. The Morgan fingerprint density at radius 3 is 1.27 bits per heavy atom. The number of hydrogen-bond acceptors (Lipinski definition) is 0. The van der Waals surface area contributed by atoms with Crippen molar-refractivity contribution in [3.05, 3.63) is 60.7 Å². The van der Waals surface area contributed by atoms with Gasteiger partial charge in [-0.3, -0.25) is 0 Å². The van der Waals surface area contributed by atoms with Crippen LogP contribution in [0.5, 0.6) is 0 Å². The molecule has 2 rings (SSSR count). The summed E-state index contributed by atoms with van der Waals surface area (Å²) in [5.74, 6) is 0. The summed E-state index contributed by atoms with van der Waals surface area (Å²) in [6.07, 6.45) is 0. The van der Waals surface area contributed by atoms with Gasteiger partial charge >= 0.3 is 107 Å². The zero-order valence-corrected chi connectivity index (χ0v) is 12.4. The molecule has 15 heavy (non-hydrogen) atoms. The second-order valence-electron chi connectivity index (χ2n) is 3.22. The summed E-state index contributed by atoms with van der Waals surface area (Å²) in [4.78, 5) is 0. The van der Waals surface area contributed by atoms with Crippen LogP contribution in [-0.2, 0) is 0 Å². The maximum atomic E-state index is 3.34. The first kappa shape index (κ1) is 11.4. The van der Waals surface area contributed by atoms with E-state index in [0.717, 1.165) is 0 Å². The van der Waals surface area contributed by atoms with E-state index in [9.17, 15) is 0 Å². The van der Waals surface area contributed by atoms with Gasteiger partial charge in [-0.15, -0.1) is 0 Å². The van der Waals surface area contributed by atoms with Crippen LogP contribution in [0.1, 0.15) is 0 Å². The van der Waals surface area contributed by atoms with Gasteiger partial charge in [-0.05, 0) is 0 Å². The summed E-state index contributed by atoms with van der Waals surface area (Å²) in [6.45, 7) is 0. The Morgan fingerprint density at radius 2 is 0.933 bits per heavy atom. The summed E-state index contributed by atoms with van der Waals surface area (Å²) < 4.78 is -1.40. The molecule has 0 saturated carbocycles. The molecule has 0 aliphatic heterocycles. The molecule has 0 aliphatic rings. The third kappa shape index (κ3) is 2.53. The topological polar surface area (TPSA) is 0 Å². The normalized spacial score (nSPS) is 11.3. The van der Waals surface area contributed by atoms with E-state index in [1.54, 1.807) is 0 Å². The average molecular weight is 343 g/mol. The average Bonchev–Trinajstić information content (AvgIpc) is 2.31. The van der Waals surface area contributed by atoms with Crippen molar-refractivity contribution in [1.82, 2.24) is 0 Å². The van der Waals surface area contributed by atoms with E-state index in [-0.39, 0.29) is 0 Å². The van der Waals surface area contributed by atoms with Crippen LogP contribution in [0.2, 0.25) is 0 Å². The van der Waals surface area contributed by atoms with E-state index in [1.807, 2.05) is 0 Å². The molecule has 3 heteroatoms. The zero-order valence-electron chi connectivity index (χ0n) is 8.04. The minimum atomic E-state index is -1.40. The van der Waals surface area contributed by atoms with E-state index in [2.05, 4.69) is 91.8 Å². The van der Waals surface area contributed by atoms with Crippen LogP contribution < -0.4 is 10.6 Å². The zero-order chi connectivity index (χ0) is 10.7. The van der Waals surface area contributed by atoms with Crippen molar-refractivity contribution < 1.29 is 0 Å². The molecule has 0 saturated heterocycles. The predicted octanol–water partition coefficient (Wildman–Crippen LogP) is 1.82. The quantitative estimate of drug-likeness (QED) is 0.577. The van der Waals surface area contributed by atoms with Crippen LogP contribution in [0.15, 0.2) is 60.7 Å². The van der Waals surface area contributed by atoms with Gasteiger partial charge in [0.15, 0.2) is 0 Å². The van der Waals surface area contributed by atoms with E-state index >= 15 is 0 Å². The molecule has 0 unspecified atom stereocenters. The van der Waals surface area contributed by atoms with Crippen molar-refractivity contribution in [3.8, 4) is 0 Å². The molecule has 0 heterocycles. The van der Waals surface area contributed by atoms with E-state index in [0.29, 0.717) is 0 Å². The van der Waals surface area contributed by atoms with Gasteiger partial charge in [0.05, 0.1) is 0 Å². The summed E-state index contributed by atoms with van der Waals surface area (Å²) >= 11 is 6.68. The van der Waals surface area contributed by atoms with Crippen LogP contribution in [0.3, 0.4) is 0 Å². The molecular formula is C12H10PSe2+. The molecule has 0 fully saturated rings. The molecule has 0 aliphatic carbocycles. The molecule has 0 nitrogen and oxygen atoms in total. The Bertz CT molecular complexity index is 384. The molecule has 2 radical (unpaired) electrons. The molecule has 0 spiro atoms. The van der Waals surface area contributed by atoms with Gasteiger partial charge in [0.2, 0.25) is 0 Å². The monoisotopic (exact) mass is 345 g/mol. The van der Waals surface area contributed by atoms with Crippen molar-refractivity contribution in [1.29, 1.82) is 0 Å². The molecule has 2 aromatic carbocycles. The minimum absolute atomic E-state index is 1.36. The Labute approximate surface area is 107 Å². The second kappa shape index (κ2) is 4.83. The summed E-state index contributed by atoms with van der Waals surface area (Å²) in [5, 5.41) is 2.72. The van der Waals surface area contributed by atoms with Crippen molar-refractivity contribution in [3.63, 3.8) is 0 Å². The summed E-state index contributed by atoms with van der Waals surface area (Å²) in [7, 11) is 0. The fourth-order valence-corrected chi connectivity index (χ4v) is 5.89. The van der Waals surface area contributed by atoms with Gasteiger partial charge in [0, 0.05) is 0 Å². The van der Waals surface area contributed by atoms with Crippen LogP contribution >= 0.6 is 4.64 Å². The number of hydrogen-bond donors (Lipinski definition) is 0. The standard InChI is InChI=1S/C12H10PSe2/c14-13(15,11-7-3-1-4-8-11)12-9-5-2-6-10-12/h1-10H/q+1. The molecular weight excluding hydrogens is 333 g/mol. The van der Waals surface area contributed by atoms with Crippen LogP contribution in [-0.4, -0.2) is 31.1 Å². The first-order chi connectivity index (χ1) is 7.21. The van der Waals surface area contributed by atoms with Gasteiger partial charge in [-0.2, -0.15) is 0 Å². The van der Waals surface area contributed by atoms with E-state index in [4.69, 9.17) is 0 Å². The third-order valence-corrected chi connectivity index (χ3v) is 9.46. The fraction of sp³-hybridized carbons (Fsp3) is 0. The molecule has 0 bridgehead atoms. The molecule has 74 valence electrons. The van der Waals surface area contributed by atoms with E-state index in [1.165, 1.54) is 10.6 Å². The second-order valence-corrected chi connectivity index (χ2v) is 15.8. The first-order valence-electron chi connectivity index (χ1n) is 4.63. The Hall–Kier alpha value is -0.0910. The summed E-state index contributed by atoms with van der Waals surface area (Å²) in [5.41, 5.74) is 0. The van der Waals surface area contributed by atoms with Crippen molar-refractivity contribution >= 4 is 46.4 Å². The van der Waals surface area contributed by atoms with Gasteiger partial charge < -0.3 is 0 Å². The third-order valence-electron chi connectivity index (χ3n) is 2.19. The van der Waals surface area contributed by atoms with Crippen LogP contribution in [0.4, 0.5) is 0 Å². The van der Waals surface area contributed by atoms with Crippen molar-refractivity contribution in [2.45, 2.75) is 0 Å². The summed E-state index contributed by atoms with van der Waals surface area (Å²) in [6, 6.07) is 21.1. The molecule has 0 N–H and O–H groups in total. The van der Waals surface area contributed by atoms with Crippen molar-refractivity contribution in [2.24, 2.45) is 0 Å².